The van der Waals surface area contributed by atoms with Crippen molar-refractivity contribution in [3.05, 3.63) is 0 Å². The Balaban J connectivity index is 0.000000343. The van der Waals surface area contributed by atoms with Gasteiger partial charge in [0.05, 0.1) is 0 Å². The van der Waals surface area contributed by atoms with Crippen LogP contribution in [0.4, 0.5) is 0 Å². The maximum absolute atomic E-state index is 11.7. The number of hydrogen-bond donors (Lipinski definition) is 4. The molecule has 8 heteroatoms. The SMILES string of the molecule is CC1(C)CC(CN)C(C)(C)N1O.CC1(C)CC(CNC(=O)CCCCBr)C(C)(C)N1O. The van der Waals surface area contributed by atoms with Crippen molar-refractivity contribution < 1.29 is 15.2 Å². The molecule has 0 radical (unpaired) electrons. The summed E-state index contributed by atoms with van der Waals surface area (Å²) in [5, 5.41) is 26.9. The lowest BCUT2D eigenvalue weighted by molar-refractivity contribution is -0.196. The molecule has 2 atom stereocenters. The van der Waals surface area contributed by atoms with E-state index in [1.807, 2.05) is 55.4 Å². The number of unbranched alkanes of at least 4 members (excludes halogenated alkanes) is 1. The van der Waals surface area contributed by atoms with Crippen molar-refractivity contribution in [1.29, 1.82) is 0 Å². The van der Waals surface area contributed by atoms with E-state index in [2.05, 4.69) is 21.2 Å². The van der Waals surface area contributed by atoms with Gasteiger partial charge in [0, 0.05) is 40.5 Å². The van der Waals surface area contributed by atoms with Crippen LogP contribution in [-0.4, -0.2) is 67.0 Å². The topological polar surface area (TPSA) is 102 Å². The second kappa shape index (κ2) is 10.8. The highest BCUT2D eigenvalue weighted by Crippen LogP contribution is 2.43. The Bertz CT molecular complexity index is 595. The molecule has 2 fully saturated rings. The van der Waals surface area contributed by atoms with E-state index >= 15 is 0 Å². The van der Waals surface area contributed by atoms with Crippen molar-refractivity contribution in [2.45, 2.75) is 110 Å². The Morgan fingerprint density at radius 1 is 0.935 bits per heavy atom. The van der Waals surface area contributed by atoms with Gasteiger partial charge in [0.15, 0.2) is 0 Å². The Morgan fingerprint density at radius 2 is 1.39 bits per heavy atom. The van der Waals surface area contributed by atoms with Crippen LogP contribution in [0.2, 0.25) is 0 Å². The summed E-state index contributed by atoms with van der Waals surface area (Å²) in [6.07, 6.45) is 4.39. The minimum atomic E-state index is -0.299. The summed E-state index contributed by atoms with van der Waals surface area (Å²) in [4.78, 5) is 11.7. The molecule has 7 nitrogen and oxygen atoms in total. The first-order valence-electron chi connectivity index (χ1n) is 11.5. The van der Waals surface area contributed by atoms with E-state index < -0.39 is 0 Å². The van der Waals surface area contributed by atoms with E-state index in [1.165, 1.54) is 10.1 Å². The van der Waals surface area contributed by atoms with Gasteiger partial charge in [-0.2, -0.15) is 10.1 Å². The largest absolute Gasteiger partial charge is 0.356 e. The number of hydrogen-bond acceptors (Lipinski definition) is 6. The molecule has 5 N–H and O–H groups in total. The minimum absolute atomic E-state index is 0.117. The lowest BCUT2D eigenvalue weighted by Crippen LogP contribution is -2.48. The van der Waals surface area contributed by atoms with Crippen molar-refractivity contribution in [1.82, 2.24) is 15.4 Å². The van der Waals surface area contributed by atoms with Crippen LogP contribution in [0.3, 0.4) is 0 Å². The average Bonchev–Trinajstić information content (AvgIpc) is 2.93. The lowest BCUT2D eigenvalue weighted by atomic mass is 9.87. The summed E-state index contributed by atoms with van der Waals surface area (Å²) in [6.45, 7) is 17.6. The molecule has 184 valence electrons. The van der Waals surface area contributed by atoms with Gasteiger partial charge in [-0.05, 0) is 99.5 Å². The third-order valence-corrected chi connectivity index (χ3v) is 7.91. The first-order valence-corrected chi connectivity index (χ1v) is 12.7. The van der Waals surface area contributed by atoms with Gasteiger partial charge in [-0.3, -0.25) is 4.79 Å². The predicted octanol–water partition coefficient (Wildman–Crippen LogP) is 4.15. The fourth-order valence-corrected chi connectivity index (χ4v) is 5.58. The molecule has 0 spiro atoms. The van der Waals surface area contributed by atoms with Crippen molar-refractivity contribution in [3.8, 4) is 0 Å². The zero-order valence-electron chi connectivity index (χ0n) is 21.0. The van der Waals surface area contributed by atoms with Crippen LogP contribution in [0.5, 0.6) is 0 Å². The minimum Gasteiger partial charge on any atom is -0.356 e. The molecule has 0 bridgehead atoms. The van der Waals surface area contributed by atoms with Gasteiger partial charge < -0.3 is 21.5 Å². The van der Waals surface area contributed by atoms with E-state index in [1.54, 1.807) is 0 Å². The standard InChI is InChI=1S/C14H27BrN2O2.C9H20N2O/c1-13(2)9-11(14(3,4)17(13)19)10-16-12(18)7-5-6-8-15;1-8(2)5-7(6-10)9(3,4)11(8)12/h11,19H,5-10H2,1-4H3,(H,16,18);7,12H,5-6,10H2,1-4H3. The van der Waals surface area contributed by atoms with Crippen molar-refractivity contribution in [2.75, 3.05) is 18.4 Å². The van der Waals surface area contributed by atoms with E-state index in [0.717, 1.165) is 31.0 Å². The zero-order chi connectivity index (χ0) is 24.3. The smallest absolute Gasteiger partial charge is 0.220 e. The first kappa shape index (κ1) is 28.8. The molecule has 2 rings (SSSR count). The van der Waals surface area contributed by atoms with Crippen LogP contribution in [0.1, 0.15) is 87.5 Å². The molecule has 0 saturated carbocycles. The van der Waals surface area contributed by atoms with E-state index in [4.69, 9.17) is 5.73 Å². The number of halogens is 1. The fraction of sp³-hybridized carbons (Fsp3) is 0.957. The number of alkyl halides is 1. The Hall–Kier alpha value is -0.250. The number of carbonyl (C=O) groups excluding carboxylic acids is 1. The number of nitrogens with two attached hydrogens (primary N) is 1. The summed E-state index contributed by atoms with van der Waals surface area (Å²) >= 11 is 3.36. The van der Waals surface area contributed by atoms with Gasteiger partial charge in [0.2, 0.25) is 5.91 Å². The Labute approximate surface area is 198 Å². The van der Waals surface area contributed by atoms with Crippen LogP contribution >= 0.6 is 15.9 Å². The number of carbonyl (C=O) groups is 1. The second-order valence-corrected chi connectivity index (χ2v) is 12.3. The normalized spacial score (nSPS) is 28.8. The number of nitrogens with one attached hydrogen (secondary N) is 1. The Kier molecular flexibility index (Phi) is 10.0. The maximum atomic E-state index is 11.7. The molecule has 2 heterocycles. The van der Waals surface area contributed by atoms with Gasteiger partial charge in [-0.15, -0.1) is 0 Å². The second-order valence-electron chi connectivity index (χ2n) is 11.5. The van der Waals surface area contributed by atoms with Crippen molar-refractivity contribution in [2.24, 2.45) is 17.6 Å². The van der Waals surface area contributed by atoms with Crippen LogP contribution in [0.25, 0.3) is 0 Å². The predicted molar refractivity (Wildman–Crippen MR) is 129 cm³/mol. The lowest BCUT2D eigenvalue weighted by Gasteiger charge is -2.36. The highest BCUT2D eigenvalue weighted by atomic mass is 79.9. The van der Waals surface area contributed by atoms with Gasteiger partial charge in [0.25, 0.3) is 0 Å². The molecular weight excluding hydrogens is 460 g/mol. The third kappa shape index (κ3) is 6.87. The number of amides is 1. The number of rotatable bonds is 7. The van der Waals surface area contributed by atoms with E-state index in [0.29, 0.717) is 25.4 Å². The molecule has 31 heavy (non-hydrogen) atoms. The molecule has 2 aliphatic rings. The fourth-order valence-electron chi connectivity index (χ4n) is 5.18. The monoisotopic (exact) mass is 506 g/mol. The molecule has 0 aliphatic carbocycles. The van der Waals surface area contributed by atoms with E-state index in [9.17, 15) is 15.2 Å². The van der Waals surface area contributed by atoms with Crippen LogP contribution in [0.15, 0.2) is 0 Å². The summed E-state index contributed by atoms with van der Waals surface area (Å²) in [7, 11) is 0. The molecule has 2 saturated heterocycles. The highest BCUT2D eigenvalue weighted by molar-refractivity contribution is 9.09. The summed E-state index contributed by atoms with van der Waals surface area (Å²) in [6, 6.07) is 0. The average molecular weight is 508 g/mol. The molecule has 0 aromatic heterocycles. The molecule has 0 aromatic carbocycles. The summed E-state index contributed by atoms with van der Waals surface area (Å²) in [5.41, 5.74) is 4.81. The van der Waals surface area contributed by atoms with Gasteiger partial charge in [-0.25, -0.2) is 0 Å². The van der Waals surface area contributed by atoms with Crippen molar-refractivity contribution >= 4 is 21.8 Å². The first-order chi connectivity index (χ1) is 14.0. The molecule has 2 unspecified atom stereocenters. The summed E-state index contributed by atoms with van der Waals surface area (Å²) < 4.78 is 0. The highest BCUT2D eigenvalue weighted by Gasteiger charge is 2.51. The van der Waals surface area contributed by atoms with E-state index in [-0.39, 0.29) is 34.0 Å². The maximum Gasteiger partial charge on any atom is 0.220 e. The number of nitrogens with zero attached hydrogens (tertiary/aromatic N) is 2. The van der Waals surface area contributed by atoms with Gasteiger partial charge >= 0.3 is 0 Å². The quantitative estimate of drug-likeness (QED) is 0.305. The molecule has 0 aromatic rings. The van der Waals surface area contributed by atoms with Crippen LogP contribution < -0.4 is 11.1 Å². The zero-order valence-corrected chi connectivity index (χ0v) is 22.5. The van der Waals surface area contributed by atoms with Crippen LogP contribution in [-0.2, 0) is 4.79 Å². The van der Waals surface area contributed by atoms with Gasteiger partial charge in [0.1, 0.15) is 0 Å². The molecule has 2 aliphatic heterocycles. The van der Waals surface area contributed by atoms with Crippen LogP contribution in [0, 0.1) is 11.8 Å². The van der Waals surface area contributed by atoms with Gasteiger partial charge in [-0.1, -0.05) is 15.9 Å². The summed E-state index contributed by atoms with van der Waals surface area (Å²) in [5.74, 6) is 0.774. The third-order valence-electron chi connectivity index (χ3n) is 7.35. The molecule has 1 amide bonds. The molecular formula is C23H47BrN4O3. The Morgan fingerprint density at radius 3 is 1.71 bits per heavy atom. The number of hydroxylamine groups is 4. The van der Waals surface area contributed by atoms with Crippen molar-refractivity contribution in [3.63, 3.8) is 0 Å².